The summed E-state index contributed by atoms with van der Waals surface area (Å²) in [6, 6.07) is 8.51. The molecule has 0 aliphatic heterocycles. The first-order valence-electron chi connectivity index (χ1n) is 6.33. The Labute approximate surface area is 117 Å². The number of esters is 1. The van der Waals surface area contributed by atoms with Crippen LogP contribution >= 0.6 is 0 Å². The molecule has 1 aromatic heterocycles. The van der Waals surface area contributed by atoms with E-state index in [4.69, 9.17) is 4.74 Å². The van der Waals surface area contributed by atoms with Gasteiger partial charge >= 0.3 is 5.97 Å². The zero-order valence-corrected chi connectivity index (χ0v) is 11.7. The minimum absolute atomic E-state index is 0.373. The van der Waals surface area contributed by atoms with Gasteiger partial charge in [-0.05, 0) is 37.6 Å². The van der Waals surface area contributed by atoms with Crippen molar-refractivity contribution in [1.82, 2.24) is 9.97 Å². The van der Waals surface area contributed by atoms with Crippen LogP contribution < -0.4 is 4.74 Å². The van der Waals surface area contributed by atoms with E-state index in [2.05, 4.69) is 14.7 Å². The second-order valence-electron chi connectivity index (χ2n) is 4.22. The molecule has 0 bridgehead atoms. The monoisotopic (exact) mass is 272 g/mol. The first kappa shape index (κ1) is 14.0. The fourth-order valence-electron chi connectivity index (χ4n) is 1.73. The Hall–Kier alpha value is -2.43. The topological polar surface area (TPSA) is 61.3 Å². The molecule has 0 aliphatic carbocycles. The molecule has 104 valence electrons. The van der Waals surface area contributed by atoms with Crippen molar-refractivity contribution in [3.63, 3.8) is 0 Å². The van der Waals surface area contributed by atoms with Gasteiger partial charge < -0.3 is 9.47 Å². The van der Waals surface area contributed by atoms with Gasteiger partial charge in [0.1, 0.15) is 11.6 Å². The van der Waals surface area contributed by atoms with Crippen LogP contribution in [0.4, 0.5) is 0 Å². The number of ether oxygens (including phenoxy) is 2. The summed E-state index contributed by atoms with van der Waals surface area (Å²) in [6.07, 6.45) is 0.820. The normalized spacial score (nSPS) is 10.2. The number of hydrogen-bond acceptors (Lipinski definition) is 5. The largest absolute Gasteiger partial charge is 0.465 e. The summed E-state index contributed by atoms with van der Waals surface area (Å²) in [5.41, 5.74) is 1.41. The van der Waals surface area contributed by atoms with Crippen LogP contribution in [0.1, 0.15) is 28.8 Å². The van der Waals surface area contributed by atoms with Crippen molar-refractivity contribution in [2.45, 2.75) is 20.3 Å². The molecule has 2 aromatic rings. The predicted molar refractivity (Wildman–Crippen MR) is 74.0 cm³/mol. The Morgan fingerprint density at radius 3 is 2.50 bits per heavy atom. The van der Waals surface area contributed by atoms with Gasteiger partial charge in [-0.15, -0.1) is 0 Å². The van der Waals surface area contributed by atoms with Crippen LogP contribution in [0.25, 0.3) is 0 Å². The SMILES string of the molecule is CCc1cc(Oc2ccc(C(=O)OC)cc2)nc(C)n1. The predicted octanol–water partition coefficient (Wildman–Crippen LogP) is 2.93. The average molecular weight is 272 g/mol. The van der Waals surface area contributed by atoms with Gasteiger partial charge in [0, 0.05) is 11.8 Å². The number of rotatable bonds is 4. The van der Waals surface area contributed by atoms with Gasteiger partial charge in [0.25, 0.3) is 0 Å². The summed E-state index contributed by atoms with van der Waals surface area (Å²) < 4.78 is 10.3. The van der Waals surface area contributed by atoms with E-state index in [-0.39, 0.29) is 5.97 Å². The van der Waals surface area contributed by atoms with Crippen molar-refractivity contribution >= 4 is 5.97 Å². The van der Waals surface area contributed by atoms with Crippen molar-refractivity contribution in [1.29, 1.82) is 0 Å². The van der Waals surface area contributed by atoms with Gasteiger partial charge in [-0.1, -0.05) is 6.92 Å². The number of benzene rings is 1. The van der Waals surface area contributed by atoms with E-state index >= 15 is 0 Å². The molecule has 5 heteroatoms. The molecule has 0 atom stereocenters. The van der Waals surface area contributed by atoms with Gasteiger partial charge in [0.15, 0.2) is 0 Å². The standard InChI is InChI=1S/C15H16N2O3/c1-4-12-9-14(17-10(2)16-12)20-13-7-5-11(6-8-13)15(18)19-3/h5-9H,4H2,1-3H3. The fraction of sp³-hybridized carbons (Fsp3) is 0.267. The van der Waals surface area contributed by atoms with E-state index in [1.54, 1.807) is 30.3 Å². The second-order valence-corrected chi connectivity index (χ2v) is 4.22. The highest BCUT2D eigenvalue weighted by molar-refractivity contribution is 5.89. The van der Waals surface area contributed by atoms with Crippen LogP contribution in [0.2, 0.25) is 0 Å². The maximum Gasteiger partial charge on any atom is 0.337 e. The molecule has 1 heterocycles. The molecular weight excluding hydrogens is 256 g/mol. The number of carbonyl (C=O) groups is 1. The molecule has 0 unspecified atom stereocenters. The lowest BCUT2D eigenvalue weighted by Crippen LogP contribution is -2.01. The zero-order chi connectivity index (χ0) is 14.5. The molecule has 0 N–H and O–H groups in total. The van der Waals surface area contributed by atoms with Crippen molar-refractivity contribution in [3.8, 4) is 11.6 Å². The molecule has 0 spiro atoms. The zero-order valence-electron chi connectivity index (χ0n) is 11.7. The molecule has 0 aliphatic rings. The lowest BCUT2D eigenvalue weighted by molar-refractivity contribution is 0.0600. The number of methoxy groups -OCH3 is 1. The smallest absolute Gasteiger partial charge is 0.337 e. The van der Waals surface area contributed by atoms with E-state index < -0.39 is 0 Å². The maximum atomic E-state index is 11.3. The number of nitrogens with zero attached hydrogens (tertiary/aromatic N) is 2. The Kier molecular flexibility index (Phi) is 4.30. The summed E-state index contributed by atoms with van der Waals surface area (Å²) in [6.45, 7) is 3.85. The second kappa shape index (κ2) is 6.14. The Morgan fingerprint density at radius 1 is 1.20 bits per heavy atom. The molecule has 0 amide bonds. The number of aromatic nitrogens is 2. The van der Waals surface area contributed by atoms with Crippen molar-refractivity contribution in [2.75, 3.05) is 7.11 Å². The molecule has 20 heavy (non-hydrogen) atoms. The van der Waals surface area contributed by atoms with Crippen molar-refractivity contribution in [3.05, 3.63) is 47.4 Å². The first-order chi connectivity index (χ1) is 9.62. The molecule has 0 saturated heterocycles. The molecule has 2 rings (SSSR count). The van der Waals surface area contributed by atoms with E-state index in [0.717, 1.165) is 12.1 Å². The molecule has 1 aromatic carbocycles. The van der Waals surface area contributed by atoms with Gasteiger partial charge in [0.05, 0.1) is 12.7 Å². The van der Waals surface area contributed by atoms with E-state index in [0.29, 0.717) is 23.0 Å². The van der Waals surface area contributed by atoms with Crippen LogP contribution in [0, 0.1) is 6.92 Å². The fourth-order valence-corrected chi connectivity index (χ4v) is 1.73. The lowest BCUT2D eigenvalue weighted by atomic mass is 10.2. The summed E-state index contributed by atoms with van der Waals surface area (Å²) in [5.74, 6) is 1.41. The van der Waals surface area contributed by atoms with Crippen molar-refractivity contribution < 1.29 is 14.3 Å². The van der Waals surface area contributed by atoms with Crippen LogP contribution in [-0.2, 0) is 11.2 Å². The van der Waals surface area contributed by atoms with E-state index in [1.165, 1.54) is 7.11 Å². The van der Waals surface area contributed by atoms with Gasteiger partial charge in [-0.25, -0.2) is 9.78 Å². The molecule has 0 radical (unpaired) electrons. The summed E-state index contributed by atoms with van der Waals surface area (Å²) >= 11 is 0. The van der Waals surface area contributed by atoms with Crippen molar-refractivity contribution in [2.24, 2.45) is 0 Å². The summed E-state index contributed by atoms with van der Waals surface area (Å²) in [7, 11) is 1.35. The minimum Gasteiger partial charge on any atom is -0.465 e. The first-order valence-corrected chi connectivity index (χ1v) is 6.33. The van der Waals surface area contributed by atoms with Gasteiger partial charge in [-0.3, -0.25) is 0 Å². The highest BCUT2D eigenvalue weighted by atomic mass is 16.5. The van der Waals surface area contributed by atoms with Crippen LogP contribution in [0.3, 0.4) is 0 Å². The Bertz CT molecular complexity index is 609. The average Bonchev–Trinajstić information content (AvgIpc) is 2.46. The number of aryl methyl sites for hydroxylation is 2. The third-order valence-corrected chi connectivity index (χ3v) is 2.73. The van der Waals surface area contributed by atoms with E-state index in [9.17, 15) is 4.79 Å². The molecular formula is C15H16N2O3. The highest BCUT2D eigenvalue weighted by Crippen LogP contribution is 2.21. The van der Waals surface area contributed by atoms with Gasteiger partial charge in [-0.2, -0.15) is 4.98 Å². The van der Waals surface area contributed by atoms with Gasteiger partial charge in [0.2, 0.25) is 5.88 Å². The summed E-state index contributed by atoms with van der Waals surface area (Å²) in [5, 5.41) is 0. The third kappa shape index (κ3) is 3.32. The molecule has 0 saturated carbocycles. The highest BCUT2D eigenvalue weighted by Gasteiger charge is 2.06. The minimum atomic E-state index is -0.373. The van der Waals surface area contributed by atoms with Crippen LogP contribution in [-0.4, -0.2) is 23.0 Å². The Morgan fingerprint density at radius 2 is 1.90 bits per heavy atom. The van der Waals surface area contributed by atoms with Crippen LogP contribution in [0.15, 0.2) is 30.3 Å². The van der Waals surface area contributed by atoms with Crippen LogP contribution in [0.5, 0.6) is 11.6 Å². The maximum absolute atomic E-state index is 11.3. The summed E-state index contributed by atoms with van der Waals surface area (Å²) in [4.78, 5) is 19.8. The molecule has 5 nitrogen and oxygen atoms in total. The third-order valence-electron chi connectivity index (χ3n) is 2.73. The lowest BCUT2D eigenvalue weighted by Gasteiger charge is -2.07. The quantitative estimate of drug-likeness (QED) is 0.801. The molecule has 0 fully saturated rings. The van der Waals surface area contributed by atoms with E-state index in [1.807, 2.05) is 13.8 Å². The Balaban J connectivity index is 2.17. The number of hydrogen-bond donors (Lipinski definition) is 0. The number of carbonyl (C=O) groups excluding carboxylic acids is 1.